The zero-order valence-electron chi connectivity index (χ0n) is 13.2. The van der Waals surface area contributed by atoms with E-state index in [0.29, 0.717) is 32.6 Å². The Morgan fingerprint density at radius 3 is 2.77 bits per heavy atom. The molecule has 0 radical (unpaired) electrons. The highest BCUT2D eigenvalue weighted by molar-refractivity contribution is 6.48. The van der Waals surface area contributed by atoms with Crippen LogP contribution >= 0.6 is 34.8 Å². The van der Waals surface area contributed by atoms with Gasteiger partial charge in [-0.1, -0.05) is 34.8 Å². The molecule has 2 aromatic carbocycles. The maximum absolute atomic E-state index is 12.3. The fourth-order valence-corrected chi connectivity index (χ4v) is 3.29. The molecule has 0 saturated carbocycles. The summed E-state index contributed by atoms with van der Waals surface area (Å²) in [6, 6.07) is 10.3. The van der Waals surface area contributed by atoms with E-state index in [1.54, 1.807) is 30.3 Å². The summed E-state index contributed by atoms with van der Waals surface area (Å²) in [6.07, 6.45) is 3.65. The zero-order valence-corrected chi connectivity index (χ0v) is 15.5. The van der Waals surface area contributed by atoms with Crippen molar-refractivity contribution >= 4 is 56.8 Å². The molecule has 3 aromatic rings. The smallest absolute Gasteiger partial charge is 0.259 e. The lowest BCUT2D eigenvalue weighted by Gasteiger charge is -2.16. The fourth-order valence-electron chi connectivity index (χ4n) is 2.70. The molecule has 0 saturated heterocycles. The third kappa shape index (κ3) is 3.36. The highest BCUT2D eigenvalue weighted by atomic mass is 35.5. The third-order valence-corrected chi connectivity index (χ3v) is 4.67. The first-order chi connectivity index (χ1) is 12.5. The molecule has 1 aliphatic heterocycles. The molecular weight excluding hydrogens is 395 g/mol. The predicted octanol–water partition coefficient (Wildman–Crippen LogP) is 5.29. The van der Waals surface area contributed by atoms with Gasteiger partial charge < -0.3 is 9.72 Å². The number of aromatic nitrogens is 2. The zero-order chi connectivity index (χ0) is 18.3. The maximum atomic E-state index is 12.3. The van der Waals surface area contributed by atoms with E-state index >= 15 is 0 Å². The van der Waals surface area contributed by atoms with Crippen LogP contribution in [0.4, 0.5) is 0 Å². The second-order valence-corrected chi connectivity index (χ2v) is 7.04. The molecule has 0 amide bonds. The maximum Gasteiger partial charge on any atom is 0.259 e. The summed E-state index contributed by atoms with van der Waals surface area (Å²) in [6.45, 7) is 0.359. The number of benzene rings is 2. The van der Waals surface area contributed by atoms with Gasteiger partial charge >= 0.3 is 0 Å². The van der Waals surface area contributed by atoms with E-state index in [1.165, 1.54) is 0 Å². The largest absolute Gasteiger partial charge is 0.488 e. The van der Waals surface area contributed by atoms with Gasteiger partial charge in [0.05, 0.1) is 15.9 Å². The Morgan fingerprint density at radius 1 is 1.15 bits per heavy atom. The lowest BCUT2D eigenvalue weighted by atomic mass is 10.1. The second kappa shape index (κ2) is 6.80. The molecule has 4 rings (SSSR count). The van der Waals surface area contributed by atoms with Gasteiger partial charge in [-0.2, -0.15) is 0 Å². The SMILES string of the molecule is O=c1[nH]c(C(Cl)=CC2=Cc3cc(Cl)ccc3OC2)nc2ccc(Cl)cc12. The van der Waals surface area contributed by atoms with Gasteiger partial charge in [0.2, 0.25) is 0 Å². The first-order valence-corrected chi connectivity index (χ1v) is 8.83. The average molecular weight is 406 g/mol. The average Bonchev–Trinajstić information content (AvgIpc) is 2.61. The number of halogens is 3. The van der Waals surface area contributed by atoms with Crippen molar-refractivity contribution < 1.29 is 4.74 Å². The van der Waals surface area contributed by atoms with Crippen molar-refractivity contribution in [3.05, 3.63) is 79.8 Å². The fraction of sp³-hybridized carbons (Fsp3) is 0.0526. The van der Waals surface area contributed by atoms with Crippen molar-refractivity contribution in [1.29, 1.82) is 0 Å². The number of nitrogens with one attached hydrogen (secondary N) is 1. The Morgan fingerprint density at radius 2 is 1.92 bits per heavy atom. The highest BCUT2D eigenvalue weighted by Crippen LogP contribution is 2.30. The molecule has 1 aliphatic rings. The number of rotatable bonds is 2. The third-order valence-electron chi connectivity index (χ3n) is 3.91. The minimum Gasteiger partial charge on any atom is -0.488 e. The summed E-state index contributed by atoms with van der Waals surface area (Å²) < 4.78 is 5.70. The van der Waals surface area contributed by atoms with Crippen LogP contribution in [0.1, 0.15) is 11.4 Å². The van der Waals surface area contributed by atoms with Crippen molar-refractivity contribution in [2.24, 2.45) is 0 Å². The topological polar surface area (TPSA) is 55.0 Å². The van der Waals surface area contributed by atoms with Gasteiger partial charge in [0, 0.05) is 15.6 Å². The normalized spacial score (nSPS) is 14.0. The lowest BCUT2D eigenvalue weighted by molar-refractivity contribution is 0.351. The Labute approximate surface area is 163 Å². The van der Waals surface area contributed by atoms with Crippen LogP contribution in [0, 0.1) is 0 Å². The van der Waals surface area contributed by atoms with Crippen molar-refractivity contribution in [3.63, 3.8) is 0 Å². The summed E-state index contributed by atoms with van der Waals surface area (Å²) in [7, 11) is 0. The minimum atomic E-state index is -0.301. The summed E-state index contributed by atoms with van der Waals surface area (Å²) >= 11 is 18.3. The quantitative estimate of drug-likeness (QED) is 0.630. The van der Waals surface area contributed by atoms with Crippen LogP contribution in [0.5, 0.6) is 5.75 Å². The standard InChI is InChI=1S/C19H11Cl3N2O2/c20-12-2-4-17-11(7-12)5-10(9-26-17)6-15(22)18-23-16-3-1-13(21)8-14(16)19(25)24-18/h1-8H,9H2,(H,23,24,25). The van der Waals surface area contributed by atoms with Crippen LogP contribution in [-0.2, 0) is 0 Å². The first-order valence-electron chi connectivity index (χ1n) is 7.70. The molecule has 26 heavy (non-hydrogen) atoms. The molecule has 1 aromatic heterocycles. The van der Waals surface area contributed by atoms with E-state index < -0.39 is 0 Å². The number of aromatic amines is 1. The van der Waals surface area contributed by atoms with Gasteiger partial charge in [-0.25, -0.2) is 4.98 Å². The van der Waals surface area contributed by atoms with Crippen LogP contribution in [0.3, 0.4) is 0 Å². The molecule has 0 spiro atoms. The van der Waals surface area contributed by atoms with E-state index in [4.69, 9.17) is 39.5 Å². The molecule has 0 fully saturated rings. The summed E-state index contributed by atoms with van der Waals surface area (Å²) in [4.78, 5) is 19.3. The lowest BCUT2D eigenvalue weighted by Crippen LogP contribution is -2.11. The number of ether oxygens (including phenoxy) is 1. The summed E-state index contributed by atoms with van der Waals surface area (Å²) in [5.74, 6) is 1.04. The van der Waals surface area contributed by atoms with Gasteiger partial charge in [-0.3, -0.25) is 4.79 Å². The van der Waals surface area contributed by atoms with Crippen LogP contribution < -0.4 is 10.3 Å². The number of H-pyrrole nitrogens is 1. The minimum absolute atomic E-state index is 0.282. The van der Waals surface area contributed by atoms with Gasteiger partial charge in [-0.15, -0.1) is 0 Å². The second-order valence-electron chi connectivity index (χ2n) is 5.76. The molecular formula is C19H11Cl3N2O2. The van der Waals surface area contributed by atoms with E-state index in [1.807, 2.05) is 18.2 Å². The Kier molecular flexibility index (Phi) is 4.49. The van der Waals surface area contributed by atoms with Crippen molar-refractivity contribution in [3.8, 4) is 5.75 Å². The Hall–Kier alpha value is -2.27. The number of nitrogens with zero attached hydrogens (tertiary/aromatic N) is 1. The van der Waals surface area contributed by atoms with Crippen molar-refractivity contribution in [2.75, 3.05) is 6.61 Å². The predicted molar refractivity (Wildman–Crippen MR) is 106 cm³/mol. The molecule has 1 N–H and O–H groups in total. The monoisotopic (exact) mass is 404 g/mol. The number of hydrogen-bond acceptors (Lipinski definition) is 3. The van der Waals surface area contributed by atoms with Gasteiger partial charge in [-0.05, 0) is 54.1 Å². The van der Waals surface area contributed by atoms with E-state index in [2.05, 4.69) is 9.97 Å². The molecule has 0 unspecified atom stereocenters. The number of hydrogen-bond donors (Lipinski definition) is 1. The van der Waals surface area contributed by atoms with Crippen LogP contribution in [0.2, 0.25) is 10.0 Å². The Balaban J connectivity index is 1.74. The molecule has 130 valence electrons. The molecule has 0 atom stereocenters. The van der Waals surface area contributed by atoms with E-state index in [-0.39, 0.29) is 11.4 Å². The molecule has 2 heterocycles. The summed E-state index contributed by atoms with van der Waals surface area (Å²) in [5.41, 5.74) is 1.92. The van der Waals surface area contributed by atoms with Crippen LogP contribution in [0.15, 0.2) is 52.8 Å². The van der Waals surface area contributed by atoms with Crippen molar-refractivity contribution in [1.82, 2.24) is 9.97 Å². The van der Waals surface area contributed by atoms with Gasteiger partial charge in [0.1, 0.15) is 12.4 Å². The first kappa shape index (κ1) is 17.2. The van der Waals surface area contributed by atoms with E-state index in [9.17, 15) is 4.79 Å². The van der Waals surface area contributed by atoms with E-state index in [0.717, 1.165) is 16.9 Å². The summed E-state index contributed by atoms with van der Waals surface area (Å²) in [5, 5.41) is 1.81. The van der Waals surface area contributed by atoms with Gasteiger partial charge in [0.15, 0.2) is 5.82 Å². The van der Waals surface area contributed by atoms with Gasteiger partial charge in [0.25, 0.3) is 5.56 Å². The molecule has 0 bridgehead atoms. The molecule has 4 nitrogen and oxygen atoms in total. The highest BCUT2D eigenvalue weighted by Gasteiger charge is 2.13. The van der Waals surface area contributed by atoms with Crippen molar-refractivity contribution in [2.45, 2.75) is 0 Å². The Bertz CT molecular complexity index is 1150. The van der Waals surface area contributed by atoms with Crippen LogP contribution in [-0.4, -0.2) is 16.6 Å². The molecule has 0 aliphatic carbocycles. The van der Waals surface area contributed by atoms with Crippen LogP contribution in [0.25, 0.3) is 22.0 Å². The molecule has 7 heteroatoms. The number of fused-ring (bicyclic) bond motifs is 2.